The van der Waals surface area contributed by atoms with E-state index in [1.807, 2.05) is 6.92 Å². The number of carbonyl (C=O) groups is 2. The van der Waals surface area contributed by atoms with Gasteiger partial charge in [0, 0.05) is 12.1 Å². The number of hydrogen-bond acceptors (Lipinski definition) is 6. The van der Waals surface area contributed by atoms with Gasteiger partial charge in [0.2, 0.25) is 5.91 Å². The molecule has 0 saturated heterocycles. The molecular formula is C24H26F3N5O3S. The highest BCUT2D eigenvalue weighted by atomic mass is 32.2. The highest BCUT2D eigenvalue weighted by Gasteiger charge is 2.33. The molecule has 12 heteroatoms. The van der Waals surface area contributed by atoms with Crippen molar-refractivity contribution >= 4 is 29.3 Å². The maximum Gasteiger partial charge on any atom is 0.418 e. The highest BCUT2D eigenvalue weighted by molar-refractivity contribution is 7.99. The van der Waals surface area contributed by atoms with Crippen LogP contribution in [0.2, 0.25) is 0 Å². The van der Waals surface area contributed by atoms with Gasteiger partial charge in [-0.1, -0.05) is 37.2 Å². The number of hydrogen-bond donors (Lipinski definition) is 2. The van der Waals surface area contributed by atoms with E-state index in [2.05, 4.69) is 20.8 Å². The van der Waals surface area contributed by atoms with Gasteiger partial charge in [-0.3, -0.25) is 9.59 Å². The standard InChI is InChI=1S/C24H26F3N5O3S/c1-3-4-13-32-20(14-28-22(34)16-9-11-17(35-2)12-10-16)30-31-23(32)36-15-21(33)29-19-8-6-5-7-18(19)24(25,26)27/h5-12H,3-4,13-15H2,1-2H3,(H,28,34)(H,29,33). The molecule has 2 amide bonds. The Morgan fingerprint density at radius 1 is 1.08 bits per heavy atom. The highest BCUT2D eigenvalue weighted by Crippen LogP contribution is 2.34. The first-order valence-corrected chi connectivity index (χ1v) is 12.1. The van der Waals surface area contributed by atoms with E-state index in [0.29, 0.717) is 28.8 Å². The molecule has 3 rings (SSSR count). The molecule has 0 aliphatic heterocycles. The SMILES string of the molecule is CCCCn1c(CNC(=O)c2ccc(OC)cc2)nnc1SCC(=O)Nc1ccccc1C(F)(F)F. The Morgan fingerprint density at radius 2 is 1.81 bits per heavy atom. The zero-order chi connectivity index (χ0) is 26.1. The van der Waals surface area contributed by atoms with Crippen LogP contribution in [0.25, 0.3) is 0 Å². The number of aromatic nitrogens is 3. The molecule has 0 bridgehead atoms. The van der Waals surface area contributed by atoms with E-state index < -0.39 is 17.6 Å². The van der Waals surface area contributed by atoms with Crippen molar-refractivity contribution in [2.24, 2.45) is 0 Å². The molecule has 0 aliphatic carbocycles. The van der Waals surface area contributed by atoms with Crippen LogP contribution in [0.15, 0.2) is 53.7 Å². The number of halogens is 3. The maximum atomic E-state index is 13.2. The van der Waals surface area contributed by atoms with Crippen molar-refractivity contribution in [3.8, 4) is 5.75 Å². The van der Waals surface area contributed by atoms with E-state index in [0.717, 1.165) is 30.7 Å². The average Bonchev–Trinajstić information content (AvgIpc) is 3.25. The fraction of sp³-hybridized carbons (Fsp3) is 0.333. The number of anilines is 1. The molecule has 0 radical (unpaired) electrons. The van der Waals surface area contributed by atoms with Crippen molar-refractivity contribution in [3.05, 3.63) is 65.5 Å². The van der Waals surface area contributed by atoms with E-state index in [9.17, 15) is 22.8 Å². The number of unbranched alkanes of at least 4 members (excludes halogenated alkanes) is 1. The van der Waals surface area contributed by atoms with E-state index in [-0.39, 0.29) is 23.9 Å². The monoisotopic (exact) mass is 521 g/mol. The molecule has 1 heterocycles. The summed E-state index contributed by atoms with van der Waals surface area (Å²) in [6.07, 6.45) is -2.87. The third kappa shape index (κ3) is 7.23. The van der Waals surface area contributed by atoms with E-state index in [1.54, 1.807) is 35.9 Å². The summed E-state index contributed by atoms with van der Waals surface area (Å²) in [6.45, 7) is 2.71. The Hall–Kier alpha value is -3.54. The molecule has 0 spiro atoms. The second-order valence-corrected chi connectivity index (χ2v) is 8.64. The number of nitrogens with zero attached hydrogens (tertiary/aromatic N) is 3. The molecule has 0 unspecified atom stereocenters. The number of methoxy groups -OCH3 is 1. The number of ether oxygens (including phenoxy) is 1. The predicted molar refractivity (Wildman–Crippen MR) is 130 cm³/mol. The minimum absolute atomic E-state index is 0.118. The lowest BCUT2D eigenvalue weighted by atomic mass is 10.1. The molecule has 0 atom stereocenters. The number of amides is 2. The molecular weight excluding hydrogens is 495 g/mol. The van der Waals surface area contributed by atoms with Gasteiger partial charge in [0.1, 0.15) is 5.75 Å². The Morgan fingerprint density at radius 3 is 2.47 bits per heavy atom. The smallest absolute Gasteiger partial charge is 0.418 e. The van der Waals surface area contributed by atoms with Gasteiger partial charge >= 0.3 is 6.18 Å². The third-order valence-electron chi connectivity index (χ3n) is 5.13. The lowest BCUT2D eigenvalue weighted by molar-refractivity contribution is -0.137. The molecule has 0 fully saturated rings. The second kappa shape index (κ2) is 12.4. The molecule has 1 aromatic heterocycles. The molecule has 192 valence electrons. The lowest BCUT2D eigenvalue weighted by Gasteiger charge is -2.13. The first kappa shape index (κ1) is 27.1. The van der Waals surface area contributed by atoms with Gasteiger partial charge in [-0.05, 0) is 42.8 Å². The first-order valence-electron chi connectivity index (χ1n) is 11.2. The van der Waals surface area contributed by atoms with Crippen molar-refractivity contribution < 1.29 is 27.5 Å². The molecule has 2 aromatic carbocycles. The first-order chi connectivity index (χ1) is 17.2. The van der Waals surface area contributed by atoms with Crippen molar-refractivity contribution in [3.63, 3.8) is 0 Å². The number of benzene rings is 2. The van der Waals surface area contributed by atoms with Crippen molar-refractivity contribution in [2.45, 2.75) is 44.2 Å². The topological polar surface area (TPSA) is 98.1 Å². The molecule has 8 nitrogen and oxygen atoms in total. The molecule has 0 aliphatic rings. The maximum absolute atomic E-state index is 13.2. The van der Waals surface area contributed by atoms with Gasteiger partial charge < -0.3 is 19.9 Å². The number of carbonyl (C=O) groups excluding carboxylic acids is 2. The minimum Gasteiger partial charge on any atom is -0.497 e. The number of thioether (sulfide) groups is 1. The summed E-state index contributed by atoms with van der Waals surface area (Å²) in [6, 6.07) is 11.5. The summed E-state index contributed by atoms with van der Waals surface area (Å²) < 4.78 is 46.4. The van der Waals surface area contributed by atoms with Crippen LogP contribution in [-0.2, 0) is 24.1 Å². The van der Waals surface area contributed by atoms with Crippen LogP contribution in [0.1, 0.15) is 41.5 Å². The fourth-order valence-electron chi connectivity index (χ4n) is 3.26. The van der Waals surface area contributed by atoms with Crippen molar-refractivity contribution in [1.82, 2.24) is 20.1 Å². The molecule has 3 aromatic rings. The van der Waals surface area contributed by atoms with Crippen molar-refractivity contribution in [1.29, 1.82) is 0 Å². The Kier molecular flexibility index (Phi) is 9.34. The number of nitrogens with one attached hydrogen (secondary N) is 2. The number of alkyl halides is 3. The van der Waals surface area contributed by atoms with Gasteiger partial charge in [-0.2, -0.15) is 13.2 Å². The number of para-hydroxylation sites is 1. The zero-order valence-electron chi connectivity index (χ0n) is 19.8. The lowest BCUT2D eigenvalue weighted by Crippen LogP contribution is -2.25. The average molecular weight is 522 g/mol. The van der Waals surface area contributed by atoms with Crippen molar-refractivity contribution in [2.75, 3.05) is 18.2 Å². The van der Waals surface area contributed by atoms with E-state index in [4.69, 9.17) is 4.74 Å². The van der Waals surface area contributed by atoms with Crippen LogP contribution >= 0.6 is 11.8 Å². The summed E-state index contributed by atoms with van der Waals surface area (Å²) in [4.78, 5) is 24.9. The summed E-state index contributed by atoms with van der Waals surface area (Å²) in [5.41, 5.74) is -0.754. The van der Waals surface area contributed by atoms with Crippen LogP contribution in [0.5, 0.6) is 5.75 Å². The van der Waals surface area contributed by atoms with Crippen LogP contribution in [0.3, 0.4) is 0 Å². The van der Waals surface area contributed by atoms with Crippen LogP contribution in [-0.4, -0.2) is 39.4 Å². The largest absolute Gasteiger partial charge is 0.497 e. The summed E-state index contributed by atoms with van der Waals surface area (Å²) in [5.74, 6) is 0.0964. The van der Waals surface area contributed by atoms with E-state index in [1.165, 1.54) is 18.2 Å². The minimum atomic E-state index is -4.58. The summed E-state index contributed by atoms with van der Waals surface area (Å²) >= 11 is 1.06. The normalized spacial score (nSPS) is 11.2. The van der Waals surface area contributed by atoms with Gasteiger partial charge in [0.25, 0.3) is 5.91 Å². The van der Waals surface area contributed by atoms with Gasteiger partial charge in [0.05, 0.1) is 30.7 Å². The number of rotatable bonds is 11. The fourth-order valence-corrected chi connectivity index (χ4v) is 4.04. The molecule has 0 saturated carbocycles. The third-order valence-corrected chi connectivity index (χ3v) is 6.09. The van der Waals surface area contributed by atoms with Gasteiger partial charge in [-0.25, -0.2) is 0 Å². The van der Waals surface area contributed by atoms with Crippen LogP contribution < -0.4 is 15.4 Å². The molecule has 2 N–H and O–H groups in total. The van der Waals surface area contributed by atoms with Gasteiger partial charge in [0.15, 0.2) is 11.0 Å². The Bertz CT molecular complexity index is 1180. The van der Waals surface area contributed by atoms with Gasteiger partial charge in [-0.15, -0.1) is 10.2 Å². The molecule has 36 heavy (non-hydrogen) atoms. The Balaban J connectivity index is 1.64. The quantitative estimate of drug-likeness (QED) is 0.353. The predicted octanol–water partition coefficient (Wildman–Crippen LogP) is 4.77. The van der Waals surface area contributed by atoms with Crippen LogP contribution in [0.4, 0.5) is 18.9 Å². The zero-order valence-corrected chi connectivity index (χ0v) is 20.6. The summed E-state index contributed by atoms with van der Waals surface area (Å²) in [5, 5.41) is 13.8. The second-order valence-electron chi connectivity index (χ2n) is 7.70. The van der Waals surface area contributed by atoms with E-state index >= 15 is 0 Å². The Labute approximate surface area is 210 Å². The van der Waals surface area contributed by atoms with Crippen LogP contribution in [0, 0.1) is 0 Å². The summed E-state index contributed by atoms with van der Waals surface area (Å²) in [7, 11) is 1.54.